The lowest BCUT2D eigenvalue weighted by atomic mass is 9.74. The minimum absolute atomic E-state index is 0.129. The van der Waals surface area contributed by atoms with Crippen molar-refractivity contribution in [3.05, 3.63) is 11.9 Å². The molecule has 1 aliphatic carbocycles. The summed E-state index contributed by atoms with van der Waals surface area (Å²) in [6.45, 7) is 0. The highest BCUT2D eigenvalue weighted by Crippen LogP contribution is 2.35. The maximum absolute atomic E-state index is 6.51. The quantitative estimate of drug-likeness (QED) is 0.865. The summed E-state index contributed by atoms with van der Waals surface area (Å²) in [5.74, 6) is 0. The fourth-order valence-corrected chi connectivity index (χ4v) is 3.22. The van der Waals surface area contributed by atoms with Crippen molar-refractivity contribution in [1.29, 1.82) is 0 Å². The average Bonchev–Trinajstić information content (AvgIpc) is 2.75. The van der Waals surface area contributed by atoms with Gasteiger partial charge in [-0.15, -0.1) is 5.10 Å². The van der Waals surface area contributed by atoms with Gasteiger partial charge in [-0.2, -0.15) is 0 Å². The van der Waals surface area contributed by atoms with E-state index in [2.05, 4.69) is 29.3 Å². The zero-order valence-electron chi connectivity index (χ0n) is 11.8. The minimum atomic E-state index is 0.129. The van der Waals surface area contributed by atoms with Gasteiger partial charge in [-0.3, -0.25) is 4.68 Å². The number of aryl methyl sites for hydroxylation is 1. The number of rotatable bonds is 4. The van der Waals surface area contributed by atoms with Crippen LogP contribution in [0.25, 0.3) is 0 Å². The van der Waals surface area contributed by atoms with E-state index < -0.39 is 0 Å². The molecule has 0 aliphatic heterocycles. The van der Waals surface area contributed by atoms with Crippen molar-refractivity contribution in [3.63, 3.8) is 0 Å². The molecule has 1 heterocycles. The molecule has 1 fully saturated rings. The molecule has 0 aromatic carbocycles. The van der Waals surface area contributed by atoms with Gasteiger partial charge in [0, 0.05) is 31.2 Å². The predicted molar refractivity (Wildman–Crippen MR) is 72.2 cm³/mol. The standard InChI is InChI=1S/C13H25N5/c1-17(2)13(7-5-4-6-8-13)12(14)9-11-10-18(3)16-15-11/h10,12H,4-9,14H2,1-3H3. The van der Waals surface area contributed by atoms with Crippen molar-refractivity contribution in [1.82, 2.24) is 19.9 Å². The number of hydrogen-bond donors (Lipinski definition) is 1. The summed E-state index contributed by atoms with van der Waals surface area (Å²) in [6, 6.07) is 0.129. The molecule has 102 valence electrons. The van der Waals surface area contributed by atoms with Gasteiger partial charge in [-0.05, 0) is 26.9 Å². The molecule has 2 N–H and O–H groups in total. The van der Waals surface area contributed by atoms with E-state index in [9.17, 15) is 0 Å². The van der Waals surface area contributed by atoms with E-state index in [-0.39, 0.29) is 11.6 Å². The van der Waals surface area contributed by atoms with Crippen molar-refractivity contribution in [2.45, 2.75) is 50.1 Å². The summed E-state index contributed by atoms with van der Waals surface area (Å²) in [5, 5.41) is 8.14. The van der Waals surface area contributed by atoms with Gasteiger partial charge in [0.25, 0.3) is 0 Å². The first-order valence-corrected chi connectivity index (χ1v) is 6.83. The van der Waals surface area contributed by atoms with Gasteiger partial charge in [0.05, 0.1) is 5.69 Å². The molecule has 0 saturated heterocycles. The molecule has 0 radical (unpaired) electrons. The Labute approximate surface area is 109 Å². The molecule has 0 spiro atoms. The Balaban J connectivity index is 2.10. The lowest BCUT2D eigenvalue weighted by Crippen LogP contribution is -2.59. The molecule has 2 rings (SSSR count). The first kappa shape index (κ1) is 13.5. The average molecular weight is 251 g/mol. The molecule has 0 bridgehead atoms. The van der Waals surface area contributed by atoms with E-state index in [0.717, 1.165) is 12.1 Å². The molecule has 1 atom stereocenters. The number of hydrogen-bond acceptors (Lipinski definition) is 4. The Bertz CT molecular complexity index is 378. The van der Waals surface area contributed by atoms with E-state index in [0.29, 0.717) is 0 Å². The summed E-state index contributed by atoms with van der Waals surface area (Å²) in [4.78, 5) is 2.33. The van der Waals surface area contributed by atoms with Gasteiger partial charge in [0.2, 0.25) is 0 Å². The number of aromatic nitrogens is 3. The van der Waals surface area contributed by atoms with Crippen molar-refractivity contribution in [2.75, 3.05) is 14.1 Å². The molecule has 1 aromatic heterocycles. The summed E-state index contributed by atoms with van der Waals surface area (Å²) in [6.07, 6.45) is 9.08. The van der Waals surface area contributed by atoms with Crippen LogP contribution in [0.3, 0.4) is 0 Å². The fourth-order valence-electron chi connectivity index (χ4n) is 3.22. The normalized spacial score (nSPS) is 21.2. The molecule has 1 aromatic rings. The van der Waals surface area contributed by atoms with E-state index in [1.54, 1.807) is 4.68 Å². The largest absolute Gasteiger partial charge is 0.326 e. The van der Waals surface area contributed by atoms with Crippen LogP contribution in [-0.2, 0) is 13.5 Å². The van der Waals surface area contributed by atoms with E-state index >= 15 is 0 Å². The Morgan fingerprint density at radius 2 is 2.06 bits per heavy atom. The fraction of sp³-hybridized carbons (Fsp3) is 0.846. The van der Waals surface area contributed by atoms with E-state index in [1.165, 1.54) is 32.1 Å². The van der Waals surface area contributed by atoms with Gasteiger partial charge < -0.3 is 10.6 Å². The smallest absolute Gasteiger partial charge is 0.0843 e. The third-order valence-electron chi connectivity index (χ3n) is 4.38. The lowest BCUT2D eigenvalue weighted by Gasteiger charge is -2.47. The molecule has 1 aliphatic rings. The van der Waals surface area contributed by atoms with Gasteiger partial charge in [-0.25, -0.2) is 0 Å². The zero-order chi connectivity index (χ0) is 13.2. The van der Waals surface area contributed by atoms with Crippen LogP contribution >= 0.6 is 0 Å². The van der Waals surface area contributed by atoms with Gasteiger partial charge in [0.1, 0.15) is 0 Å². The van der Waals surface area contributed by atoms with Crippen molar-refractivity contribution >= 4 is 0 Å². The van der Waals surface area contributed by atoms with Crippen LogP contribution in [0, 0.1) is 0 Å². The molecule has 1 saturated carbocycles. The molecular weight excluding hydrogens is 226 g/mol. The Hall–Kier alpha value is -0.940. The summed E-state index contributed by atoms with van der Waals surface area (Å²) < 4.78 is 1.74. The highest BCUT2D eigenvalue weighted by atomic mass is 15.4. The third-order valence-corrected chi connectivity index (χ3v) is 4.38. The predicted octanol–water partition coefficient (Wildman–Crippen LogP) is 0.949. The molecule has 18 heavy (non-hydrogen) atoms. The molecule has 1 unspecified atom stereocenters. The Morgan fingerprint density at radius 1 is 1.39 bits per heavy atom. The molecular formula is C13H25N5. The van der Waals surface area contributed by atoms with Crippen molar-refractivity contribution < 1.29 is 0 Å². The number of likely N-dealkylation sites (N-methyl/N-ethyl adjacent to an activating group) is 1. The Morgan fingerprint density at radius 3 is 2.56 bits per heavy atom. The van der Waals surface area contributed by atoms with Crippen LogP contribution < -0.4 is 5.73 Å². The highest BCUT2D eigenvalue weighted by Gasteiger charge is 2.40. The monoisotopic (exact) mass is 251 g/mol. The van der Waals surface area contributed by atoms with Crippen LogP contribution in [0.15, 0.2) is 6.20 Å². The summed E-state index contributed by atoms with van der Waals surface area (Å²) in [5.41, 5.74) is 7.64. The van der Waals surface area contributed by atoms with Crippen molar-refractivity contribution in [2.24, 2.45) is 12.8 Å². The van der Waals surface area contributed by atoms with Gasteiger partial charge >= 0.3 is 0 Å². The maximum Gasteiger partial charge on any atom is 0.0843 e. The molecule has 0 amide bonds. The second kappa shape index (κ2) is 5.36. The first-order chi connectivity index (χ1) is 8.54. The van der Waals surface area contributed by atoms with Crippen LogP contribution in [0.5, 0.6) is 0 Å². The topological polar surface area (TPSA) is 60.0 Å². The van der Waals surface area contributed by atoms with Crippen LogP contribution in [0.1, 0.15) is 37.8 Å². The molecule has 5 nitrogen and oxygen atoms in total. The van der Waals surface area contributed by atoms with E-state index in [4.69, 9.17) is 5.73 Å². The summed E-state index contributed by atoms with van der Waals surface area (Å²) >= 11 is 0. The first-order valence-electron chi connectivity index (χ1n) is 6.83. The highest BCUT2D eigenvalue weighted by molar-refractivity contribution is 5.05. The minimum Gasteiger partial charge on any atom is -0.326 e. The third kappa shape index (κ3) is 2.57. The Kier molecular flexibility index (Phi) is 4.02. The van der Waals surface area contributed by atoms with Gasteiger partial charge in [-0.1, -0.05) is 24.5 Å². The van der Waals surface area contributed by atoms with Gasteiger partial charge in [0.15, 0.2) is 0 Å². The van der Waals surface area contributed by atoms with E-state index in [1.807, 2.05) is 13.2 Å². The maximum atomic E-state index is 6.51. The lowest BCUT2D eigenvalue weighted by molar-refractivity contribution is 0.0712. The SMILES string of the molecule is CN(C)C1(C(N)Cc2cn(C)nn2)CCCCC1. The second-order valence-corrected chi connectivity index (χ2v) is 5.75. The summed E-state index contributed by atoms with van der Waals surface area (Å²) in [7, 11) is 6.20. The van der Waals surface area contributed by atoms with Crippen LogP contribution in [-0.4, -0.2) is 45.6 Å². The number of nitrogens with two attached hydrogens (primary N) is 1. The number of nitrogens with zero attached hydrogens (tertiary/aromatic N) is 4. The van der Waals surface area contributed by atoms with Crippen LogP contribution in [0.4, 0.5) is 0 Å². The molecule has 5 heteroatoms. The van der Waals surface area contributed by atoms with Crippen LogP contribution in [0.2, 0.25) is 0 Å². The zero-order valence-corrected chi connectivity index (χ0v) is 11.8. The second-order valence-electron chi connectivity index (χ2n) is 5.75. The van der Waals surface area contributed by atoms with Crippen molar-refractivity contribution in [3.8, 4) is 0 Å².